The van der Waals surface area contributed by atoms with E-state index in [1.807, 2.05) is 0 Å². The second-order valence-electron chi connectivity index (χ2n) is 5.98. The van der Waals surface area contributed by atoms with Gasteiger partial charge in [0.25, 0.3) is 0 Å². The first-order valence-corrected chi connectivity index (χ1v) is 8.83. The molecule has 2 unspecified atom stereocenters. The largest absolute Gasteiger partial charge is 0.366 e. The molecule has 4 N–H and O–H groups in total. The number of primary amides is 1. The van der Waals surface area contributed by atoms with Crippen LogP contribution in [-0.2, 0) is 10.0 Å². The summed E-state index contributed by atoms with van der Waals surface area (Å²) in [5.41, 5.74) is 12.0. The fourth-order valence-electron chi connectivity index (χ4n) is 2.92. The molecule has 0 radical (unpaired) electrons. The number of amides is 1. The van der Waals surface area contributed by atoms with E-state index in [-0.39, 0.29) is 35.5 Å². The summed E-state index contributed by atoms with van der Waals surface area (Å²) in [5.74, 6) is -0.170. The Hall–Kier alpha value is -1.15. The Morgan fingerprint density at radius 3 is 2.61 bits per heavy atom. The second kappa shape index (κ2) is 7.61. The number of nitrogens with two attached hydrogens (primary N) is 2. The quantitative estimate of drug-likeness (QED) is 0.841. The molecule has 0 spiro atoms. The van der Waals surface area contributed by atoms with E-state index in [1.165, 1.54) is 16.4 Å². The molecule has 1 aromatic rings. The molecule has 1 aliphatic rings. The van der Waals surface area contributed by atoms with Gasteiger partial charge in [0.05, 0.1) is 4.90 Å². The van der Waals surface area contributed by atoms with Crippen LogP contribution in [0.15, 0.2) is 23.1 Å². The summed E-state index contributed by atoms with van der Waals surface area (Å²) in [6.07, 6.45) is 1.56. The predicted octanol–water partition coefficient (Wildman–Crippen LogP) is 1.26. The van der Waals surface area contributed by atoms with Crippen LogP contribution in [0, 0.1) is 12.8 Å². The van der Waals surface area contributed by atoms with Gasteiger partial charge in [-0.05, 0) is 43.4 Å². The Labute approximate surface area is 143 Å². The maximum Gasteiger partial charge on any atom is 0.249 e. The van der Waals surface area contributed by atoms with Crippen molar-refractivity contribution >= 4 is 28.3 Å². The normalized spacial score (nSPS) is 22.4. The van der Waals surface area contributed by atoms with Crippen LogP contribution in [0.5, 0.6) is 0 Å². The van der Waals surface area contributed by atoms with E-state index >= 15 is 0 Å². The average molecular weight is 362 g/mol. The molecule has 6 nitrogen and oxygen atoms in total. The highest BCUT2D eigenvalue weighted by Gasteiger charge is 2.35. The third-order valence-electron chi connectivity index (χ3n) is 4.28. The third-order valence-corrected chi connectivity index (χ3v) is 6.22. The molecule has 1 saturated heterocycles. The van der Waals surface area contributed by atoms with Gasteiger partial charge in [0.1, 0.15) is 0 Å². The van der Waals surface area contributed by atoms with Crippen LogP contribution in [0.25, 0.3) is 0 Å². The monoisotopic (exact) mass is 361 g/mol. The number of benzene rings is 1. The van der Waals surface area contributed by atoms with Crippen LogP contribution in [0.2, 0.25) is 0 Å². The second-order valence-corrected chi connectivity index (χ2v) is 7.87. The summed E-state index contributed by atoms with van der Waals surface area (Å²) >= 11 is 0. The summed E-state index contributed by atoms with van der Waals surface area (Å²) in [6, 6.07) is 4.28. The van der Waals surface area contributed by atoms with Gasteiger partial charge in [-0.25, -0.2) is 8.42 Å². The zero-order valence-electron chi connectivity index (χ0n) is 13.4. The van der Waals surface area contributed by atoms with E-state index in [0.717, 1.165) is 12.8 Å². The highest BCUT2D eigenvalue weighted by Crippen LogP contribution is 2.28. The SMILES string of the molecule is Cc1ccc(S(=O)(=O)N2CCC(C)CC2CN)cc1C(N)=O.Cl. The molecular formula is C15H24ClN3O3S. The van der Waals surface area contributed by atoms with Crippen LogP contribution in [0.3, 0.4) is 0 Å². The molecule has 2 rings (SSSR count). The maximum atomic E-state index is 12.9. The summed E-state index contributed by atoms with van der Waals surface area (Å²) in [6.45, 7) is 4.56. The zero-order valence-corrected chi connectivity index (χ0v) is 15.0. The number of rotatable bonds is 4. The van der Waals surface area contributed by atoms with Crippen molar-refractivity contribution in [3.8, 4) is 0 Å². The molecule has 1 fully saturated rings. The number of hydrogen-bond donors (Lipinski definition) is 2. The Morgan fingerprint density at radius 2 is 2.04 bits per heavy atom. The van der Waals surface area contributed by atoms with Crippen molar-refractivity contribution in [3.63, 3.8) is 0 Å². The molecule has 0 saturated carbocycles. The molecule has 0 bridgehead atoms. The van der Waals surface area contributed by atoms with Gasteiger partial charge in [-0.1, -0.05) is 13.0 Å². The van der Waals surface area contributed by atoms with Crippen LogP contribution >= 0.6 is 12.4 Å². The molecule has 1 heterocycles. The van der Waals surface area contributed by atoms with Crippen molar-refractivity contribution in [2.75, 3.05) is 13.1 Å². The van der Waals surface area contributed by atoms with Gasteiger partial charge in [0.2, 0.25) is 15.9 Å². The first-order chi connectivity index (χ1) is 10.3. The highest BCUT2D eigenvalue weighted by molar-refractivity contribution is 7.89. The zero-order chi connectivity index (χ0) is 16.5. The Morgan fingerprint density at radius 1 is 1.39 bits per heavy atom. The minimum atomic E-state index is -3.67. The van der Waals surface area contributed by atoms with Gasteiger partial charge < -0.3 is 11.5 Å². The molecule has 2 atom stereocenters. The van der Waals surface area contributed by atoms with Crippen molar-refractivity contribution in [3.05, 3.63) is 29.3 Å². The summed E-state index contributed by atoms with van der Waals surface area (Å²) < 4.78 is 27.2. The number of carbonyl (C=O) groups is 1. The van der Waals surface area contributed by atoms with E-state index in [2.05, 4.69) is 6.92 Å². The van der Waals surface area contributed by atoms with Gasteiger partial charge in [-0.2, -0.15) is 4.31 Å². The minimum absolute atomic E-state index is 0. The van der Waals surface area contributed by atoms with Crippen molar-refractivity contribution in [1.29, 1.82) is 0 Å². The Bertz CT molecular complexity index is 679. The van der Waals surface area contributed by atoms with E-state index in [0.29, 0.717) is 18.0 Å². The van der Waals surface area contributed by atoms with Crippen molar-refractivity contribution < 1.29 is 13.2 Å². The molecule has 130 valence electrons. The number of aryl methyl sites for hydroxylation is 1. The fraction of sp³-hybridized carbons (Fsp3) is 0.533. The van der Waals surface area contributed by atoms with Gasteiger partial charge >= 0.3 is 0 Å². The Kier molecular flexibility index (Phi) is 6.59. The van der Waals surface area contributed by atoms with Crippen LogP contribution in [-0.4, -0.2) is 37.8 Å². The van der Waals surface area contributed by atoms with E-state index in [1.54, 1.807) is 13.0 Å². The summed E-state index contributed by atoms with van der Waals surface area (Å²) in [5, 5.41) is 0. The average Bonchev–Trinajstić information content (AvgIpc) is 2.46. The lowest BCUT2D eigenvalue weighted by Crippen LogP contribution is -2.49. The number of carbonyl (C=O) groups excluding carboxylic acids is 1. The van der Waals surface area contributed by atoms with Crippen molar-refractivity contribution in [2.45, 2.75) is 37.6 Å². The molecule has 8 heteroatoms. The van der Waals surface area contributed by atoms with Gasteiger partial charge in [0, 0.05) is 24.7 Å². The lowest BCUT2D eigenvalue weighted by Gasteiger charge is -2.36. The van der Waals surface area contributed by atoms with Gasteiger partial charge in [0.15, 0.2) is 0 Å². The number of hydrogen-bond acceptors (Lipinski definition) is 4. The topological polar surface area (TPSA) is 106 Å². The third kappa shape index (κ3) is 4.03. The predicted molar refractivity (Wildman–Crippen MR) is 92.1 cm³/mol. The van der Waals surface area contributed by atoms with Crippen LogP contribution in [0.1, 0.15) is 35.7 Å². The lowest BCUT2D eigenvalue weighted by atomic mass is 9.94. The molecule has 23 heavy (non-hydrogen) atoms. The van der Waals surface area contributed by atoms with Crippen LogP contribution in [0.4, 0.5) is 0 Å². The first-order valence-electron chi connectivity index (χ1n) is 7.39. The maximum absolute atomic E-state index is 12.9. The molecular weight excluding hydrogens is 338 g/mol. The standard InChI is InChI=1S/C15H23N3O3S.ClH/c1-10-5-6-18(12(7-10)9-16)22(20,21)13-4-3-11(2)14(8-13)15(17)19;/h3-4,8,10,12H,5-7,9,16H2,1-2H3,(H2,17,19);1H. The molecule has 0 aliphatic carbocycles. The smallest absolute Gasteiger partial charge is 0.249 e. The Balaban J connectivity index is 0.00000264. The minimum Gasteiger partial charge on any atom is -0.366 e. The first kappa shape index (κ1) is 19.9. The van der Waals surface area contributed by atoms with Crippen molar-refractivity contribution in [1.82, 2.24) is 4.31 Å². The number of halogens is 1. The van der Waals surface area contributed by atoms with Gasteiger partial charge in [-0.3, -0.25) is 4.79 Å². The van der Waals surface area contributed by atoms with Crippen molar-refractivity contribution in [2.24, 2.45) is 17.4 Å². The highest BCUT2D eigenvalue weighted by atomic mass is 35.5. The number of piperidine rings is 1. The summed E-state index contributed by atoms with van der Waals surface area (Å²) in [7, 11) is -3.67. The lowest BCUT2D eigenvalue weighted by molar-refractivity contribution is 0.0999. The van der Waals surface area contributed by atoms with Crippen LogP contribution < -0.4 is 11.5 Å². The summed E-state index contributed by atoms with van der Waals surface area (Å²) in [4.78, 5) is 11.5. The fourth-order valence-corrected chi connectivity index (χ4v) is 4.61. The number of nitrogens with zero attached hydrogens (tertiary/aromatic N) is 1. The molecule has 1 aromatic carbocycles. The molecule has 1 aliphatic heterocycles. The molecule has 1 amide bonds. The van der Waals surface area contributed by atoms with Gasteiger partial charge in [-0.15, -0.1) is 12.4 Å². The van der Waals surface area contributed by atoms with E-state index in [4.69, 9.17) is 11.5 Å². The van der Waals surface area contributed by atoms with E-state index < -0.39 is 15.9 Å². The van der Waals surface area contributed by atoms with E-state index in [9.17, 15) is 13.2 Å². The molecule has 0 aromatic heterocycles. The number of sulfonamides is 1.